The summed E-state index contributed by atoms with van der Waals surface area (Å²) in [6.07, 6.45) is -8.71. The molecule has 1 aromatic carbocycles. The second-order valence-electron chi connectivity index (χ2n) is 7.24. The molecule has 0 amide bonds. The fourth-order valence-corrected chi connectivity index (χ4v) is 3.21. The van der Waals surface area contributed by atoms with Gasteiger partial charge in [-0.2, -0.15) is 0 Å². The second-order valence-corrected chi connectivity index (χ2v) is 7.24. The van der Waals surface area contributed by atoms with E-state index in [2.05, 4.69) is 0 Å². The monoisotopic (exact) mass is 428 g/mol. The molecule has 2 aliphatic rings. The molecule has 3 rings (SSSR count). The van der Waals surface area contributed by atoms with Crippen LogP contribution in [0.5, 0.6) is 0 Å². The van der Waals surface area contributed by atoms with Gasteiger partial charge >= 0.3 is 0 Å². The lowest BCUT2D eigenvalue weighted by atomic mass is 9.99. The van der Waals surface area contributed by atoms with Crippen LogP contribution in [0.15, 0.2) is 36.4 Å². The summed E-state index contributed by atoms with van der Waals surface area (Å²) >= 11 is 0. The predicted octanol–water partition coefficient (Wildman–Crippen LogP) is -2.02. The molecule has 168 valence electrons. The van der Waals surface area contributed by atoms with Crippen LogP contribution in [0.4, 0.5) is 0 Å². The Hall–Kier alpha value is -1.44. The van der Waals surface area contributed by atoms with Crippen molar-refractivity contribution in [1.82, 2.24) is 0 Å². The van der Waals surface area contributed by atoms with Crippen LogP contribution in [0, 0.1) is 0 Å². The Morgan fingerprint density at radius 1 is 0.833 bits per heavy atom. The molecular formula is C20H28O10. The zero-order valence-electron chi connectivity index (χ0n) is 16.2. The lowest BCUT2D eigenvalue weighted by molar-refractivity contribution is -0.319. The highest BCUT2D eigenvalue weighted by Gasteiger charge is 2.45. The third-order valence-corrected chi connectivity index (χ3v) is 5.01. The number of aliphatic hydroxyl groups is 6. The van der Waals surface area contributed by atoms with Crippen LogP contribution in [0.2, 0.25) is 0 Å². The highest BCUT2D eigenvalue weighted by molar-refractivity contribution is 5.48. The molecule has 0 bridgehead atoms. The van der Waals surface area contributed by atoms with Crippen LogP contribution in [-0.4, -0.2) is 106 Å². The number of hydrogen-bond donors (Lipinski definition) is 6. The van der Waals surface area contributed by atoms with Gasteiger partial charge in [0, 0.05) is 0 Å². The van der Waals surface area contributed by atoms with Gasteiger partial charge in [0.15, 0.2) is 12.6 Å². The first-order chi connectivity index (χ1) is 14.4. The molecule has 0 aromatic heterocycles. The van der Waals surface area contributed by atoms with Crippen molar-refractivity contribution in [2.75, 3.05) is 19.8 Å². The standard InChI is InChI=1S/C20H28O10/c21-12-9-28-19(17(25)14(12)22)29-10-13-15(23)16(24)18(26)20(30-13)27-8-4-7-11-5-2-1-3-6-11/h1-7,12-26H,8-10H2/t12-,13-,14-,15-,16+,17+,18-,19?,20?/m1/s1. The van der Waals surface area contributed by atoms with Crippen LogP contribution >= 0.6 is 0 Å². The Morgan fingerprint density at radius 2 is 1.53 bits per heavy atom. The Morgan fingerprint density at radius 3 is 2.27 bits per heavy atom. The Balaban J connectivity index is 1.52. The van der Waals surface area contributed by atoms with Gasteiger partial charge in [-0.25, -0.2) is 0 Å². The summed E-state index contributed by atoms with van der Waals surface area (Å²) in [5, 5.41) is 59.4. The largest absolute Gasteiger partial charge is 0.388 e. The molecule has 6 N–H and O–H groups in total. The summed E-state index contributed by atoms with van der Waals surface area (Å²) < 4.78 is 21.5. The highest BCUT2D eigenvalue weighted by atomic mass is 16.7. The van der Waals surface area contributed by atoms with Gasteiger partial charge in [0.25, 0.3) is 0 Å². The van der Waals surface area contributed by atoms with Crippen molar-refractivity contribution < 1.29 is 49.6 Å². The van der Waals surface area contributed by atoms with E-state index in [0.29, 0.717) is 0 Å². The third kappa shape index (κ3) is 5.62. The van der Waals surface area contributed by atoms with Gasteiger partial charge in [0.2, 0.25) is 0 Å². The van der Waals surface area contributed by atoms with Crippen molar-refractivity contribution in [2.24, 2.45) is 0 Å². The van der Waals surface area contributed by atoms with E-state index < -0.39 is 55.3 Å². The fourth-order valence-electron chi connectivity index (χ4n) is 3.21. The zero-order chi connectivity index (χ0) is 21.7. The maximum Gasteiger partial charge on any atom is 0.187 e. The van der Waals surface area contributed by atoms with Crippen molar-refractivity contribution in [3.63, 3.8) is 0 Å². The normalized spacial score (nSPS) is 40.0. The Kier molecular flexibility index (Phi) is 8.31. The summed E-state index contributed by atoms with van der Waals surface area (Å²) in [4.78, 5) is 0. The van der Waals surface area contributed by atoms with E-state index in [1.165, 1.54) is 0 Å². The van der Waals surface area contributed by atoms with Gasteiger partial charge in [0.05, 0.1) is 19.8 Å². The van der Waals surface area contributed by atoms with E-state index >= 15 is 0 Å². The van der Waals surface area contributed by atoms with Crippen LogP contribution in [0.25, 0.3) is 6.08 Å². The Labute approximate surface area is 173 Å². The van der Waals surface area contributed by atoms with E-state index in [1.807, 2.05) is 36.4 Å². The first kappa shape index (κ1) is 23.2. The van der Waals surface area contributed by atoms with Crippen LogP contribution in [-0.2, 0) is 18.9 Å². The maximum absolute atomic E-state index is 10.2. The van der Waals surface area contributed by atoms with Crippen molar-refractivity contribution in [1.29, 1.82) is 0 Å². The molecule has 2 aliphatic heterocycles. The summed E-state index contributed by atoms with van der Waals surface area (Å²) in [7, 11) is 0. The molecule has 10 heteroatoms. The first-order valence-electron chi connectivity index (χ1n) is 9.68. The molecule has 2 heterocycles. The lowest BCUT2D eigenvalue weighted by Crippen LogP contribution is -2.60. The molecule has 1 aromatic rings. The van der Waals surface area contributed by atoms with Gasteiger partial charge in [-0.05, 0) is 5.56 Å². The van der Waals surface area contributed by atoms with Gasteiger partial charge in [-0.1, -0.05) is 42.5 Å². The van der Waals surface area contributed by atoms with E-state index in [-0.39, 0.29) is 19.8 Å². The molecule has 0 spiro atoms. The molecule has 0 aliphatic carbocycles. The number of hydrogen-bond acceptors (Lipinski definition) is 10. The smallest absolute Gasteiger partial charge is 0.187 e. The van der Waals surface area contributed by atoms with Gasteiger partial charge in [-0.15, -0.1) is 0 Å². The quantitative estimate of drug-likeness (QED) is 0.286. The van der Waals surface area contributed by atoms with E-state index in [0.717, 1.165) is 5.56 Å². The van der Waals surface area contributed by atoms with Crippen molar-refractivity contribution >= 4 is 6.08 Å². The Bertz CT molecular complexity index is 671. The SMILES string of the molecule is O[C@@H]1[C@H](O)COC(OC[C@H]2OC(OCC=Cc3ccccc3)[C@H](O)[C@@H](O)[C@@H]2O)[C@H]1O. The van der Waals surface area contributed by atoms with Gasteiger partial charge < -0.3 is 49.6 Å². The molecule has 0 radical (unpaired) electrons. The molecule has 2 saturated heterocycles. The number of ether oxygens (including phenoxy) is 4. The van der Waals surface area contributed by atoms with Crippen molar-refractivity contribution in [3.8, 4) is 0 Å². The first-order valence-corrected chi connectivity index (χ1v) is 9.68. The minimum atomic E-state index is -1.54. The maximum atomic E-state index is 10.2. The number of aliphatic hydroxyl groups excluding tert-OH is 6. The van der Waals surface area contributed by atoms with E-state index in [4.69, 9.17) is 18.9 Å². The number of benzene rings is 1. The minimum absolute atomic E-state index is 0.0849. The molecule has 9 atom stereocenters. The van der Waals surface area contributed by atoms with Crippen LogP contribution in [0.3, 0.4) is 0 Å². The molecule has 2 fully saturated rings. The topological polar surface area (TPSA) is 158 Å². The van der Waals surface area contributed by atoms with Gasteiger partial charge in [0.1, 0.15) is 42.7 Å². The van der Waals surface area contributed by atoms with E-state index in [1.54, 1.807) is 6.08 Å². The lowest BCUT2D eigenvalue weighted by Gasteiger charge is -2.41. The molecule has 2 unspecified atom stereocenters. The van der Waals surface area contributed by atoms with Crippen molar-refractivity contribution in [2.45, 2.75) is 55.3 Å². The summed E-state index contributed by atoms with van der Waals surface area (Å²) in [6.45, 7) is -0.478. The fraction of sp³-hybridized carbons (Fsp3) is 0.600. The average Bonchev–Trinajstić information content (AvgIpc) is 2.76. The van der Waals surface area contributed by atoms with Crippen LogP contribution < -0.4 is 0 Å². The number of rotatable bonds is 7. The summed E-state index contributed by atoms with van der Waals surface area (Å²) in [6, 6.07) is 9.50. The predicted molar refractivity (Wildman–Crippen MR) is 102 cm³/mol. The van der Waals surface area contributed by atoms with Crippen LogP contribution in [0.1, 0.15) is 5.56 Å². The molecular weight excluding hydrogens is 400 g/mol. The van der Waals surface area contributed by atoms with E-state index in [9.17, 15) is 30.6 Å². The molecule has 10 nitrogen and oxygen atoms in total. The average molecular weight is 428 g/mol. The third-order valence-electron chi connectivity index (χ3n) is 5.01. The summed E-state index contributed by atoms with van der Waals surface area (Å²) in [5.41, 5.74) is 0.964. The molecule has 0 saturated carbocycles. The minimum Gasteiger partial charge on any atom is -0.388 e. The van der Waals surface area contributed by atoms with Gasteiger partial charge in [-0.3, -0.25) is 0 Å². The highest BCUT2D eigenvalue weighted by Crippen LogP contribution is 2.24. The van der Waals surface area contributed by atoms with Crippen molar-refractivity contribution in [3.05, 3.63) is 42.0 Å². The summed E-state index contributed by atoms with van der Waals surface area (Å²) in [5.74, 6) is 0. The molecule has 30 heavy (non-hydrogen) atoms. The zero-order valence-corrected chi connectivity index (χ0v) is 16.2. The second kappa shape index (κ2) is 10.7.